The van der Waals surface area contributed by atoms with E-state index in [1.54, 1.807) is 6.92 Å². The van der Waals surface area contributed by atoms with Crippen LogP contribution in [0.15, 0.2) is 10.4 Å². The van der Waals surface area contributed by atoms with Crippen LogP contribution >= 0.6 is 11.3 Å². The molecule has 1 aliphatic rings. The van der Waals surface area contributed by atoms with Gasteiger partial charge in [0.05, 0.1) is 11.9 Å². The molecular formula is C10H18N4O4S3. The lowest BCUT2D eigenvalue weighted by atomic mass is 10.1. The monoisotopic (exact) mass is 354 g/mol. The van der Waals surface area contributed by atoms with E-state index in [0.717, 1.165) is 11.3 Å². The van der Waals surface area contributed by atoms with Gasteiger partial charge in [0, 0.05) is 19.1 Å². The molecule has 2 rings (SSSR count). The van der Waals surface area contributed by atoms with Crippen LogP contribution in [0.5, 0.6) is 0 Å². The van der Waals surface area contributed by atoms with Crippen LogP contribution in [0.4, 0.5) is 5.13 Å². The molecule has 0 atom stereocenters. The summed E-state index contributed by atoms with van der Waals surface area (Å²) < 4.78 is 47.3. The molecule has 1 saturated heterocycles. The summed E-state index contributed by atoms with van der Waals surface area (Å²) in [6.07, 6.45) is 2.53. The van der Waals surface area contributed by atoms with E-state index in [1.165, 1.54) is 10.5 Å². The largest absolute Gasteiger partial charge is 0.359 e. The molecule has 120 valence electrons. The zero-order chi connectivity index (χ0) is 15.7. The van der Waals surface area contributed by atoms with Crippen LogP contribution in [0.1, 0.15) is 19.8 Å². The summed E-state index contributed by atoms with van der Waals surface area (Å²) in [7, 11) is -6.86. The van der Waals surface area contributed by atoms with Gasteiger partial charge in [-0.1, -0.05) is 11.3 Å². The van der Waals surface area contributed by atoms with Gasteiger partial charge >= 0.3 is 0 Å². The van der Waals surface area contributed by atoms with Gasteiger partial charge in [-0.05, 0) is 19.8 Å². The third kappa shape index (κ3) is 4.13. The summed E-state index contributed by atoms with van der Waals surface area (Å²) in [4.78, 5) is 3.98. The van der Waals surface area contributed by atoms with Gasteiger partial charge in [-0.25, -0.2) is 31.3 Å². The predicted octanol–water partition coefficient (Wildman–Crippen LogP) is 0.0165. The molecule has 0 unspecified atom stereocenters. The number of nitrogens with one attached hydrogen (secondary N) is 1. The van der Waals surface area contributed by atoms with E-state index < -0.39 is 20.0 Å². The first-order valence-electron chi connectivity index (χ1n) is 6.45. The molecule has 21 heavy (non-hydrogen) atoms. The second kappa shape index (κ2) is 6.16. The smallest absolute Gasteiger partial charge is 0.249 e. The molecule has 0 radical (unpaired) electrons. The standard InChI is InChI=1S/C10H18N4O4S3/c1-2-20(15,16)14-5-3-8(4-6-14)13-10-12-7-9(19-10)21(11,17)18/h7-8H,2-6H2,1H3,(H,12,13)(H2,11,17,18). The van der Waals surface area contributed by atoms with Crippen LogP contribution in [-0.2, 0) is 20.0 Å². The molecule has 1 aromatic heterocycles. The third-order valence-electron chi connectivity index (χ3n) is 3.30. The number of nitrogens with zero attached hydrogens (tertiary/aromatic N) is 2. The lowest BCUT2D eigenvalue weighted by Gasteiger charge is -2.31. The fourth-order valence-electron chi connectivity index (χ4n) is 2.09. The van der Waals surface area contributed by atoms with E-state index in [0.29, 0.717) is 31.1 Å². The Balaban J connectivity index is 1.94. The molecule has 0 aliphatic carbocycles. The maximum absolute atomic E-state index is 11.7. The molecule has 8 nitrogen and oxygen atoms in total. The maximum Gasteiger partial charge on any atom is 0.249 e. The molecule has 2 heterocycles. The molecule has 0 amide bonds. The summed E-state index contributed by atoms with van der Waals surface area (Å²) in [6.45, 7) is 2.55. The summed E-state index contributed by atoms with van der Waals surface area (Å²) >= 11 is 0.977. The SMILES string of the molecule is CCS(=O)(=O)N1CCC(Nc2ncc(S(N)(=O)=O)s2)CC1. The average Bonchev–Trinajstić information content (AvgIpc) is 2.88. The Kier molecular flexibility index (Phi) is 4.88. The minimum absolute atomic E-state index is 0.0102. The quantitative estimate of drug-likeness (QED) is 0.768. The summed E-state index contributed by atoms with van der Waals surface area (Å²) in [6, 6.07) is 0.0767. The number of thiazole rings is 1. The second-order valence-corrected chi connectivity index (χ2v) is 9.82. The number of nitrogens with two attached hydrogens (primary N) is 1. The topological polar surface area (TPSA) is 122 Å². The second-order valence-electron chi connectivity index (χ2n) is 4.75. The van der Waals surface area contributed by atoms with E-state index in [2.05, 4.69) is 10.3 Å². The van der Waals surface area contributed by atoms with Crippen molar-refractivity contribution in [1.82, 2.24) is 9.29 Å². The van der Waals surface area contributed by atoms with Crippen LogP contribution in [0, 0.1) is 0 Å². The van der Waals surface area contributed by atoms with E-state index in [-0.39, 0.29) is 16.0 Å². The number of rotatable bonds is 5. The number of piperidine rings is 1. The van der Waals surface area contributed by atoms with Crippen molar-refractivity contribution in [2.75, 3.05) is 24.2 Å². The number of hydrogen-bond donors (Lipinski definition) is 2. The highest BCUT2D eigenvalue weighted by Crippen LogP contribution is 2.24. The van der Waals surface area contributed by atoms with E-state index >= 15 is 0 Å². The van der Waals surface area contributed by atoms with Crippen molar-refractivity contribution in [1.29, 1.82) is 0 Å². The fourth-order valence-corrected chi connectivity index (χ4v) is 4.75. The lowest BCUT2D eigenvalue weighted by Crippen LogP contribution is -2.42. The van der Waals surface area contributed by atoms with Crippen LogP contribution in [0.3, 0.4) is 0 Å². The van der Waals surface area contributed by atoms with Crippen molar-refractivity contribution in [3.05, 3.63) is 6.20 Å². The molecule has 0 saturated carbocycles. The van der Waals surface area contributed by atoms with Gasteiger partial charge in [-0.3, -0.25) is 0 Å². The number of sulfonamides is 2. The Hall–Kier alpha value is -0.750. The number of aromatic nitrogens is 1. The zero-order valence-electron chi connectivity index (χ0n) is 11.5. The van der Waals surface area contributed by atoms with Gasteiger partial charge in [0.1, 0.15) is 0 Å². The molecule has 1 fully saturated rings. The van der Waals surface area contributed by atoms with Crippen molar-refractivity contribution in [3.8, 4) is 0 Å². The van der Waals surface area contributed by atoms with E-state index in [4.69, 9.17) is 5.14 Å². The van der Waals surface area contributed by atoms with Crippen molar-refractivity contribution in [2.24, 2.45) is 5.14 Å². The third-order valence-corrected chi connectivity index (χ3v) is 7.52. The van der Waals surface area contributed by atoms with Crippen LogP contribution < -0.4 is 10.5 Å². The highest BCUT2D eigenvalue weighted by Gasteiger charge is 2.27. The molecule has 1 aromatic rings. The van der Waals surface area contributed by atoms with Gasteiger partial charge in [0.15, 0.2) is 9.34 Å². The minimum Gasteiger partial charge on any atom is -0.359 e. The molecule has 0 spiro atoms. The molecule has 1 aliphatic heterocycles. The lowest BCUT2D eigenvalue weighted by molar-refractivity contribution is 0.330. The van der Waals surface area contributed by atoms with Crippen LogP contribution in [0.2, 0.25) is 0 Å². The van der Waals surface area contributed by atoms with E-state index in [9.17, 15) is 16.8 Å². The molecule has 0 bridgehead atoms. The molecule has 11 heteroatoms. The normalized spacial score (nSPS) is 18.8. The van der Waals surface area contributed by atoms with Crippen molar-refractivity contribution in [2.45, 2.75) is 30.0 Å². The first kappa shape index (κ1) is 16.6. The number of anilines is 1. The first-order chi connectivity index (χ1) is 9.72. The van der Waals surface area contributed by atoms with Gasteiger partial charge in [0.25, 0.3) is 0 Å². The highest BCUT2D eigenvalue weighted by atomic mass is 32.2. The Morgan fingerprint density at radius 2 is 2.00 bits per heavy atom. The summed E-state index contributed by atoms with van der Waals surface area (Å²) in [5, 5.41) is 8.64. The van der Waals surface area contributed by atoms with Gasteiger partial charge in [-0.15, -0.1) is 0 Å². The molecule has 0 aromatic carbocycles. The zero-order valence-corrected chi connectivity index (χ0v) is 14.0. The minimum atomic E-state index is -3.73. The van der Waals surface area contributed by atoms with Crippen molar-refractivity contribution >= 4 is 36.5 Å². The number of hydrogen-bond acceptors (Lipinski definition) is 7. The Morgan fingerprint density at radius 1 is 1.38 bits per heavy atom. The van der Waals surface area contributed by atoms with Crippen molar-refractivity contribution < 1.29 is 16.8 Å². The van der Waals surface area contributed by atoms with Gasteiger partial charge < -0.3 is 5.32 Å². The van der Waals surface area contributed by atoms with E-state index in [1.807, 2.05) is 0 Å². The van der Waals surface area contributed by atoms with Crippen molar-refractivity contribution in [3.63, 3.8) is 0 Å². The van der Waals surface area contributed by atoms with Gasteiger partial charge in [-0.2, -0.15) is 0 Å². The van der Waals surface area contributed by atoms with Gasteiger partial charge in [0.2, 0.25) is 20.0 Å². The van der Waals surface area contributed by atoms with Crippen LogP contribution in [0.25, 0.3) is 0 Å². The summed E-state index contributed by atoms with van der Waals surface area (Å²) in [5.41, 5.74) is 0. The average molecular weight is 354 g/mol. The van der Waals surface area contributed by atoms with Crippen LogP contribution in [-0.4, -0.2) is 51.0 Å². The molecular weight excluding hydrogens is 336 g/mol. The Morgan fingerprint density at radius 3 is 2.48 bits per heavy atom. The Labute approximate surface area is 128 Å². The number of primary sulfonamides is 1. The highest BCUT2D eigenvalue weighted by molar-refractivity contribution is 7.91. The molecule has 3 N–H and O–H groups in total. The fraction of sp³-hybridized carbons (Fsp3) is 0.700. The Bertz CT molecular complexity index is 690. The summed E-state index contributed by atoms with van der Waals surface area (Å²) in [5.74, 6) is 0.106. The first-order valence-corrected chi connectivity index (χ1v) is 10.4. The maximum atomic E-state index is 11.7. The predicted molar refractivity (Wildman–Crippen MR) is 81.2 cm³/mol.